The van der Waals surface area contributed by atoms with E-state index in [0.29, 0.717) is 23.9 Å². The van der Waals surface area contributed by atoms with E-state index in [0.717, 1.165) is 31.2 Å². The maximum absolute atomic E-state index is 11.9. The van der Waals surface area contributed by atoms with Crippen molar-refractivity contribution in [3.8, 4) is 0 Å². The molecule has 0 saturated heterocycles. The van der Waals surface area contributed by atoms with Crippen LogP contribution in [0.2, 0.25) is 0 Å². The summed E-state index contributed by atoms with van der Waals surface area (Å²) < 4.78 is 5.29. The Balaban J connectivity index is 2.57. The zero-order chi connectivity index (χ0) is 16.4. The Morgan fingerprint density at radius 1 is 1.41 bits per heavy atom. The molecule has 0 aromatic heterocycles. The first-order valence-electron chi connectivity index (χ1n) is 7.73. The highest BCUT2D eigenvalue weighted by molar-refractivity contribution is 5.86. The minimum atomic E-state index is -0.481. The van der Waals surface area contributed by atoms with Gasteiger partial charge in [0.05, 0.1) is 12.3 Å². The number of isocyanates is 1. The number of anilines is 1. The second kappa shape index (κ2) is 9.74. The summed E-state index contributed by atoms with van der Waals surface area (Å²) in [5.41, 5.74) is 1.91. The zero-order valence-electron chi connectivity index (χ0n) is 13.5. The molecule has 1 aromatic rings. The van der Waals surface area contributed by atoms with E-state index in [1.807, 2.05) is 6.92 Å². The fourth-order valence-electron chi connectivity index (χ4n) is 2.10. The van der Waals surface area contributed by atoms with Crippen molar-refractivity contribution in [2.24, 2.45) is 10.9 Å². The van der Waals surface area contributed by atoms with Crippen LogP contribution in [-0.2, 0) is 9.53 Å². The molecular weight excluding hydrogens is 280 g/mol. The quantitative estimate of drug-likeness (QED) is 0.557. The lowest BCUT2D eigenvalue weighted by Gasteiger charge is -2.15. The summed E-state index contributed by atoms with van der Waals surface area (Å²) in [6.45, 7) is 6.54. The van der Waals surface area contributed by atoms with Gasteiger partial charge in [-0.15, -0.1) is 0 Å². The van der Waals surface area contributed by atoms with Crippen LogP contribution in [0.25, 0.3) is 0 Å². The number of aliphatic imine (C=N–C) groups is 1. The first kappa shape index (κ1) is 17.9. The number of ether oxygens (including phenoxy) is 1. The van der Waals surface area contributed by atoms with E-state index in [4.69, 9.17) is 4.74 Å². The number of unbranched alkanes of at least 4 members (excludes halogenated alkanes) is 1. The van der Waals surface area contributed by atoms with Gasteiger partial charge in [-0.3, -0.25) is 5.32 Å². The van der Waals surface area contributed by atoms with Crippen LogP contribution < -0.4 is 5.32 Å². The first-order valence-corrected chi connectivity index (χ1v) is 7.73. The Hall–Kier alpha value is -2.13. The molecule has 1 N–H and O–H groups in total. The fraction of sp³-hybridized carbons (Fsp3) is 0.529. The number of benzene rings is 1. The smallest absolute Gasteiger partial charge is 0.411 e. The van der Waals surface area contributed by atoms with Gasteiger partial charge < -0.3 is 4.74 Å². The molecule has 0 fully saturated rings. The molecular formula is C17H24N2O3. The molecule has 0 aliphatic heterocycles. The molecule has 1 unspecified atom stereocenters. The van der Waals surface area contributed by atoms with Crippen molar-refractivity contribution in [3.05, 3.63) is 23.8 Å². The topological polar surface area (TPSA) is 67.8 Å². The Morgan fingerprint density at radius 3 is 2.82 bits per heavy atom. The summed E-state index contributed by atoms with van der Waals surface area (Å²) in [7, 11) is 0. The highest BCUT2D eigenvalue weighted by atomic mass is 16.5. The van der Waals surface area contributed by atoms with Crippen LogP contribution in [0.1, 0.15) is 45.1 Å². The molecule has 0 radical (unpaired) electrons. The SMILES string of the molecule is CCCCC(CC)COC(=O)Nc1cc(N=C=O)ccc1C. The van der Waals surface area contributed by atoms with Crippen LogP contribution in [-0.4, -0.2) is 18.8 Å². The van der Waals surface area contributed by atoms with Gasteiger partial charge in [0.2, 0.25) is 6.08 Å². The molecule has 0 bridgehead atoms. The third kappa shape index (κ3) is 6.10. The number of hydrogen-bond acceptors (Lipinski definition) is 4. The highest BCUT2D eigenvalue weighted by Gasteiger charge is 2.11. The third-order valence-corrected chi connectivity index (χ3v) is 3.63. The predicted molar refractivity (Wildman–Crippen MR) is 87.2 cm³/mol. The van der Waals surface area contributed by atoms with E-state index in [-0.39, 0.29) is 0 Å². The molecule has 1 rings (SSSR count). The molecule has 1 aromatic carbocycles. The molecule has 0 saturated carbocycles. The maximum atomic E-state index is 11.9. The summed E-state index contributed by atoms with van der Waals surface area (Å²) in [5.74, 6) is 0.401. The minimum absolute atomic E-state index is 0.401. The first-order chi connectivity index (χ1) is 10.6. The van der Waals surface area contributed by atoms with Gasteiger partial charge in [0, 0.05) is 5.69 Å². The van der Waals surface area contributed by atoms with Gasteiger partial charge in [0.1, 0.15) is 0 Å². The van der Waals surface area contributed by atoms with Crippen LogP contribution in [0, 0.1) is 12.8 Å². The highest BCUT2D eigenvalue weighted by Crippen LogP contribution is 2.22. The fourth-order valence-corrected chi connectivity index (χ4v) is 2.10. The number of amides is 1. The Labute approximate surface area is 131 Å². The van der Waals surface area contributed by atoms with Gasteiger partial charge in [0.15, 0.2) is 0 Å². The van der Waals surface area contributed by atoms with Gasteiger partial charge in [-0.2, -0.15) is 4.99 Å². The predicted octanol–water partition coefficient (Wildman–Crippen LogP) is 4.73. The van der Waals surface area contributed by atoms with E-state index in [1.165, 1.54) is 6.08 Å². The number of aryl methyl sites for hydroxylation is 1. The molecule has 120 valence electrons. The Kier molecular flexibility index (Phi) is 7.94. The van der Waals surface area contributed by atoms with Crippen molar-refractivity contribution in [2.45, 2.75) is 46.5 Å². The van der Waals surface area contributed by atoms with Gasteiger partial charge in [0.25, 0.3) is 0 Å². The Bertz CT molecular complexity index is 537. The number of carbonyl (C=O) groups excluding carboxylic acids is 2. The van der Waals surface area contributed by atoms with Gasteiger partial charge in [-0.1, -0.05) is 39.2 Å². The number of carbonyl (C=O) groups is 1. The number of nitrogens with one attached hydrogen (secondary N) is 1. The van der Waals surface area contributed by atoms with Crippen LogP contribution in [0.3, 0.4) is 0 Å². The lowest BCUT2D eigenvalue weighted by molar-refractivity contribution is 0.136. The van der Waals surface area contributed by atoms with Crippen molar-refractivity contribution in [3.63, 3.8) is 0 Å². The zero-order valence-corrected chi connectivity index (χ0v) is 13.5. The van der Waals surface area contributed by atoms with Crippen LogP contribution >= 0.6 is 0 Å². The largest absolute Gasteiger partial charge is 0.449 e. The minimum Gasteiger partial charge on any atom is -0.449 e. The summed E-state index contributed by atoms with van der Waals surface area (Å²) >= 11 is 0. The molecule has 1 amide bonds. The van der Waals surface area contributed by atoms with Crippen LogP contribution in [0.5, 0.6) is 0 Å². The van der Waals surface area contributed by atoms with E-state index in [9.17, 15) is 9.59 Å². The summed E-state index contributed by atoms with van der Waals surface area (Å²) in [4.78, 5) is 25.7. The van der Waals surface area contributed by atoms with Crippen molar-refractivity contribution >= 4 is 23.5 Å². The Morgan fingerprint density at radius 2 is 2.18 bits per heavy atom. The molecule has 0 heterocycles. The van der Waals surface area contributed by atoms with Crippen LogP contribution in [0.4, 0.5) is 16.2 Å². The van der Waals surface area contributed by atoms with Crippen molar-refractivity contribution in [1.29, 1.82) is 0 Å². The van der Waals surface area contributed by atoms with Crippen molar-refractivity contribution in [2.75, 3.05) is 11.9 Å². The normalized spacial score (nSPS) is 11.4. The van der Waals surface area contributed by atoms with E-state index in [1.54, 1.807) is 18.2 Å². The van der Waals surface area contributed by atoms with E-state index >= 15 is 0 Å². The molecule has 0 spiro atoms. The molecule has 5 nitrogen and oxygen atoms in total. The lowest BCUT2D eigenvalue weighted by Crippen LogP contribution is -2.19. The molecule has 0 aliphatic carbocycles. The molecule has 1 atom stereocenters. The van der Waals surface area contributed by atoms with Crippen molar-refractivity contribution < 1.29 is 14.3 Å². The number of nitrogens with zero attached hydrogens (tertiary/aromatic N) is 1. The monoisotopic (exact) mass is 304 g/mol. The lowest BCUT2D eigenvalue weighted by atomic mass is 10.0. The summed E-state index contributed by atoms with van der Waals surface area (Å²) in [6, 6.07) is 5.09. The van der Waals surface area contributed by atoms with Gasteiger partial charge in [-0.25, -0.2) is 9.59 Å². The number of hydrogen-bond donors (Lipinski definition) is 1. The summed E-state index contributed by atoms with van der Waals surface area (Å²) in [5, 5.41) is 2.69. The average Bonchev–Trinajstić information content (AvgIpc) is 2.51. The van der Waals surface area contributed by atoms with Crippen LogP contribution in [0.15, 0.2) is 23.2 Å². The van der Waals surface area contributed by atoms with Gasteiger partial charge in [-0.05, 0) is 37.0 Å². The number of rotatable bonds is 8. The maximum Gasteiger partial charge on any atom is 0.411 e. The second-order valence-corrected chi connectivity index (χ2v) is 5.34. The van der Waals surface area contributed by atoms with E-state index < -0.39 is 6.09 Å². The second-order valence-electron chi connectivity index (χ2n) is 5.34. The molecule has 0 aliphatic rings. The third-order valence-electron chi connectivity index (χ3n) is 3.63. The average molecular weight is 304 g/mol. The standard InChI is InChI=1S/C17H24N2O3/c1-4-6-7-14(5-2)11-22-17(21)19-16-10-15(18-12-20)9-8-13(16)3/h8-10,14H,4-7,11H2,1-3H3,(H,19,21). The summed E-state index contributed by atoms with van der Waals surface area (Å²) in [6.07, 6.45) is 5.36. The molecule has 22 heavy (non-hydrogen) atoms. The van der Waals surface area contributed by atoms with Gasteiger partial charge >= 0.3 is 6.09 Å². The molecule has 5 heteroatoms. The van der Waals surface area contributed by atoms with Crippen molar-refractivity contribution in [1.82, 2.24) is 0 Å². The van der Waals surface area contributed by atoms with E-state index in [2.05, 4.69) is 24.2 Å².